The van der Waals surface area contributed by atoms with Gasteiger partial charge in [-0.3, -0.25) is 9.48 Å². The zero-order valence-electron chi connectivity index (χ0n) is 11.1. The molecule has 5 nitrogen and oxygen atoms in total. The van der Waals surface area contributed by atoms with Gasteiger partial charge in [-0.2, -0.15) is 5.10 Å². The molecule has 100 valence electrons. The maximum atomic E-state index is 11.9. The Kier molecular flexibility index (Phi) is 4.18. The second kappa shape index (κ2) is 6.04. The van der Waals surface area contributed by atoms with Crippen LogP contribution in [0, 0.1) is 0 Å². The van der Waals surface area contributed by atoms with Crippen molar-refractivity contribution in [2.24, 2.45) is 7.05 Å². The van der Waals surface area contributed by atoms with E-state index < -0.39 is 0 Å². The highest BCUT2D eigenvalue weighted by atomic mass is 16.5. The minimum atomic E-state index is -0.105. The quantitative estimate of drug-likeness (QED) is 0.890. The summed E-state index contributed by atoms with van der Waals surface area (Å²) in [4.78, 5) is 11.9. The Hall–Kier alpha value is -2.30. The van der Waals surface area contributed by atoms with Crippen LogP contribution in [0.5, 0.6) is 5.75 Å². The first-order valence-corrected chi connectivity index (χ1v) is 6.17. The Labute approximate surface area is 112 Å². The number of benzene rings is 1. The molecule has 1 N–H and O–H groups in total. The molecule has 0 aliphatic rings. The third-order valence-corrected chi connectivity index (χ3v) is 2.64. The van der Waals surface area contributed by atoms with Crippen LogP contribution in [0.25, 0.3) is 0 Å². The van der Waals surface area contributed by atoms with Crippen molar-refractivity contribution in [3.63, 3.8) is 0 Å². The molecule has 0 unspecified atom stereocenters. The first-order chi connectivity index (χ1) is 9.19. The van der Waals surface area contributed by atoms with Gasteiger partial charge in [-0.1, -0.05) is 0 Å². The molecule has 0 spiro atoms. The molecule has 1 aromatic heterocycles. The first-order valence-electron chi connectivity index (χ1n) is 6.17. The van der Waals surface area contributed by atoms with Gasteiger partial charge < -0.3 is 10.1 Å². The lowest BCUT2D eigenvalue weighted by molar-refractivity contribution is 0.0951. The molecule has 0 aliphatic carbocycles. The SMILES string of the molecule is CCOc1ccc(C(=O)NCc2cnn(C)c2)cc1. The van der Waals surface area contributed by atoms with E-state index in [1.54, 1.807) is 35.1 Å². The highest BCUT2D eigenvalue weighted by molar-refractivity contribution is 5.94. The van der Waals surface area contributed by atoms with Crippen LogP contribution in [0.3, 0.4) is 0 Å². The highest BCUT2D eigenvalue weighted by Gasteiger charge is 2.06. The van der Waals surface area contributed by atoms with Crippen LogP contribution in [-0.2, 0) is 13.6 Å². The molecule has 0 fully saturated rings. The number of carbonyl (C=O) groups is 1. The van der Waals surface area contributed by atoms with E-state index in [0.29, 0.717) is 18.7 Å². The average molecular weight is 259 g/mol. The Bertz CT molecular complexity index is 546. The van der Waals surface area contributed by atoms with E-state index in [2.05, 4.69) is 10.4 Å². The van der Waals surface area contributed by atoms with Gasteiger partial charge in [0.1, 0.15) is 5.75 Å². The summed E-state index contributed by atoms with van der Waals surface area (Å²) in [6.45, 7) is 3.01. The van der Waals surface area contributed by atoms with Crippen molar-refractivity contribution in [1.29, 1.82) is 0 Å². The summed E-state index contributed by atoms with van der Waals surface area (Å²) in [5.41, 5.74) is 1.59. The molecule has 0 aliphatic heterocycles. The number of aryl methyl sites for hydroxylation is 1. The van der Waals surface area contributed by atoms with Gasteiger partial charge in [-0.05, 0) is 31.2 Å². The third-order valence-electron chi connectivity index (χ3n) is 2.64. The number of rotatable bonds is 5. The summed E-state index contributed by atoms with van der Waals surface area (Å²) in [5.74, 6) is 0.665. The number of nitrogens with one attached hydrogen (secondary N) is 1. The van der Waals surface area contributed by atoms with E-state index in [1.807, 2.05) is 20.2 Å². The molecular weight excluding hydrogens is 242 g/mol. The minimum Gasteiger partial charge on any atom is -0.494 e. The lowest BCUT2D eigenvalue weighted by Crippen LogP contribution is -2.22. The molecule has 1 amide bonds. The fraction of sp³-hybridized carbons (Fsp3) is 0.286. The second-order valence-electron chi connectivity index (χ2n) is 4.16. The van der Waals surface area contributed by atoms with Crippen molar-refractivity contribution in [2.45, 2.75) is 13.5 Å². The molecule has 19 heavy (non-hydrogen) atoms. The lowest BCUT2D eigenvalue weighted by atomic mass is 10.2. The Morgan fingerprint density at radius 3 is 2.68 bits per heavy atom. The van der Waals surface area contributed by atoms with Crippen LogP contribution in [0.15, 0.2) is 36.7 Å². The van der Waals surface area contributed by atoms with Crippen molar-refractivity contribution < 1.29 is 9.53 Å². The number of nitrogens with zero attached hydrogens (tertiary/aromatic N) is 2. The van der Waals surface area contributed by atoms with Crippen LogP contribution in [0.2, 0.25) is 0 Å². The normalized spacial score (nSPS) is 10.2. The Morgan fingerprint density at radius 1 is 1.37 bits per heavy atom. The second-order valence-corrected chi connectivity index (χ2v) is 4.16. The van der Waals surface area contributed by atoms with Crippen LogP contribution >= 0.6 is 0 Å². The maximum Gasteiger partial charge on any atom is 0.251 e. The summed E-state index contributed by atoms with van der Waals surface area (Å²) in [6.07, 6.45) is 3.61. The molecular formula is C14H17N3O2. The number of aromatic nitrogens is 2. The zero-order chi connectivity index (χ0) is 13.7. The van der Waals surface area contributed by atoms with E-state index in [-0.39, 0.29) is 5.91 Å². The maximum absolute atomic E-state index is 11.9. The van der Waals surface area contributed by atoms with E-state index in [4.69, 9.17) is 4.74 Å². The molecule has 0 radical (unpaired) electrons. The molecule has 0 atom stereocenters. The largest absolute Gasteiger partial charge is 0.494 e. The topological polar surface area (TPSA) is 56.1 Å². The number of ether oxygens (including phenoxy) is 1. The summed E-state index contributed by atoms with van der Waals surface area (Å²) >= 11 is 0. The highest BCUT2D eigenvalue weighted by Crippen LogP contribution is 2.12. The predicted molar refractivity (Wildman–Crippen MR) is 72.0 cm³/mol. The van der Waals surface area contributed by atoms with Gasteiger partial charge >= 0.3 is 0 Å². The number of carbonyl (C=O) groups excluding carboxylic acids is 1. The molecule has 2 rings (SSSR count). The van der Waals surface area contributed by atoms with Gasteiger partial charge in [0, 0.05) is 30.9 Å². The van der Waals surface area contributed by atoms with E-state index >= 15 is 0 Å². The summed E-state index contributed by atoms with van der Waals surface area (Å²) in [7, 11) is 1.85. The molecule has 1 heterocycles. The Balaban J connectivity index is 1.92. The minimum absolute atomic E-state index is 0.105. The lowest BCUT2D eigenvalue weighted by Gasteiger charge is -2.05. The number of hydrogen-bond acceptors (Lipinski definition) is 3. The molecule has 0 saturated heterocycles. The summed E-state index contributed by atoms with van der Waals surface area (Å²) in [5, 5.41) is 6.90. The summed E-state index contributed by atoms with van der Waals surface area (Å²) < 4.78 is 7.04. The predicted octanol–water partition coefficient (Wildman–Crippen LogP) is 1.75. The number of amides is 1. The van der Waals surface area contributed by atoms with E-state index in [9.17, 15) is 4.79 Å². The fourth-order valence-electron chi connectivity index (χ4n) is 1.72. The fourth-order valence-corrected chi connectivity index (χ4v) is 1.72. The smallest absolute Gasteiger partial charge is 0.251 e. The van der Waals surface area contributed by atoms with Crippen LogP contribution < -0.4 is 10.1 Å². The molecule has 5 heteroatoms. The molecule has 2 aromatic rings. The first kappa shape index (κ1) is 13.1. The van der Waals surface area contributed by atoms with Crippen molar-refractivity contribution in [1.82, 2.24) is 15.1 Å². The van der Waals surface area contributed by atoms with Gasteiger partial charge in [0.25, 0.3) is 5.91 Å². The van der Waals surface area contributed by atoms with E-state index in [0.717, 1.165) is 11.3 Å². The van der Waals surface area contributed by atoms with Crippen molar-refractivity contribution in [2.75, 3.05) is 6.61 Å². The van der Waals surface area contributed by atoms with Gasteiger partial charge in [0.05, 0.1) is 12.8 Å². The Morgan fingerprint density at radius 2 is 2.11 bits per heavy atom. The van der Waals surface area contributed by atoms with Crippen molar-refractivity contribution >= 4 is 5.91 Å². The number of hydrogen-bond donors (Lipinski definition) is 1. The van der Waals surface area contributed by atoms with Crippen LogP contribution in [0.4, 0.5) is 0 Å². The van der Waals surface area contributed by atoms with Gasteiger partial charge in [-0.25, -0.2) is 0 Å². The van der Waals surface area contributed by atoms with Crippen LogP contribution in [-0.4, -0.2) is 22.3 Å². The standard InChI is InChI=1S/C14H17N3O2/c1-3-19-13-6-4-12(5-7-13)14(18)15-8-11-9-16-17(2)10-11/h4-7,9-10H,3,8H2,1-2H3,(H,15,18). The van der Waals surface area contributed by atoms with Crippen molar-refractivity contribution in [3.05, 3.63) is 47.8 Å². The molecule has 1 aromatic carbocycles. The van der Waals surface area contributed by atoms with E-state index in [1.165, 1.54) is 0 Å². The molecule has 0 bridgehead atoms. The molecule has 0 saturated carbocycles. The van der Waals surface area contributed by atoms with Crippen LogP contribution in [0.1, 0.15) is 22.8 Å². The zero-order valence-corrected chi connectivity index (χ0v) is 11.1. The van der Waals surface area contributed by atoms with Crippen molar-refractivity contribution in [3.8, 4) is 5.75 Å². The van der Waals surface area contributed by atoms with Gasteiger partial charge in [-0.15, -0.1) is 0 Å². The summed E-state index contributed by atoms with van der Waals surface area (Å²) in [6, 6.07) is 7.10. The van der Waals surface area contributed by atoms with Gasteiger partial charge in [0.15, 0.2) is 0 Å². The third kappa shape index (κ3) is 3.58. The average Bonchev–Trinajstić information content (AvgIpc) is 2.83. The monoisotopic (exact) mass is 259 g/mol. The van der Waals surface area contributed by atoms with Gasteiger partial charge in [0.2, 0.25) is 0 Å².